The zero-order valence-corrected chi connectivity index (χ0v) is 6.56. The molecule has 0 aromatic heterocycles. The van der Waals surface area contributed by atoms with Crippen molar-refractivity contribution in [2.24, 2.45) is 0 Å². The third-order valence-corrected chi connectivity index (χ3v) is 2.62. The Kier molecular flexibility index (Phi) is 1.94. The van der Waals surface area contributed by atoms with E-state index in [1.54, 1.807) is 0 Å². The van der Waals surface area contributed by atoms with E-state index in [4.69, 9.17) is 9.05 Å². The lowest BCUT2D eigenvalue weighted by Crippen LogP contribution is -2.16. The van der Waals surface area contributed by atoms with Gasteiger partial charge in [0.2, 0.25) is 0 Å². The summed E-state index contributed by atoms with van der Waals surface area (Å²) in [4.78, 5) is 0. The van der Waals surface area contributed by atoms with Gasteiger partial charge in [-0.25, -0.2) is 0 Å². The molecule has 0 N–H and O–H groups in total. The van der Waals surface area contributed by atoms with Crippen LogP contribution in [0.4, 0.5) is 0 Å². The number of hydrogen-bond acceptors (Lipinski definition) is 3. The van der Waals surface area contributed by atoms with Crippen LogP contribution in [0, 0.1) is 0 Å². The average molecular weight is 150 g/mol. The molecule has 1 aliphatic rings. The molecule has 1 fully saturated rings. The van der Waals surface area contributed by atoms with Gasteiger partial charge in [0.25, 0.3) is 0 Å². The molecule has 0 aromatic rings. The fraction of sp³-hybridized carbons (Fsp3) is 1.00. The molecular weight excluding hydrogens is 139 g/mol. The molecule has 0 spiro atoms. The highest BCUT2D eigenvalue weighted by atomic mass is 31.2. The molecule has 0 aliphatic carbocycles. The summed E-state index contributed by atoms with van der Waals surface area (Å²) in [7, 11) is -2.64. The van der Waals surface area contributed by atoms with Crippen LogP contribution in [0.2, 0.25) is 0 Å². The Hall–Kier alpha value is 0.150. The Labute approximate surface area is 54.9 Å². The molecule has 54 valence electrons. The van der Waals surface area contributed by atoms with Crippen molar-refractivity contribution in [2.75, 3.05) is 13.3 Å². The summed E-state index contributed by atoms with van der Waals surface area (Å²) in [6.07, 6.45) is 0.937. The number of rotatable bonds is 0. The van der Waals surface area contributed by atoms with E-state index in [1.165, 1.54) is 6.66 Å². The van der Waals surface area contributed by atoms with E-state index in [0.717, 1.165) is 6.42 Å². The van der Waals surface area contributed by atoms with Gasteiger partial charge in [0.15, 0.2) is 0 Å². The van der Waals surface area contributed by atoms with Crippen molar-refractivity contribution in [3.63, 3.8) is 0 Å². The van der Waals surface area contributed by atoms with E-state index in [2.05, 4.69) is 0 Å². The van der Waals surface area contributed by atoms with Gasteiger partial charge in [-0.05, 0) is 13.3 Å². The molecule has 4 heteroatoms. The van der Waals surface area contributed by atoms with Crippen LogP contribution in [0.1, 0.15) is 13.3 Å². The van der Waals surface area contributed by atoms with Crippen LogP contribution >= 0.6 is 7.60 Å². The molecule has 0 unspecified atom stereocenters. The first-order valence-corrected chi connectivity index (χ1v) is 4.99. The molecule has 0 saturated carbocycles. The first kappa shape index (κ1) is 7.26. The third-order valence-electron chi connectivity index (χ3n) is 1.22. The molecule has 1 rings (SSSR count). The lowest BCUT2D eigenvalue weighted by atomic mass is 10.3. The molecule has 0 aromatic carbocycles. The summed E-state index contributed by atoms with van der Waals surface area (Å²) in [6, 6.07) is 0. The highest BCUT2D eigenvalue weighted by Gasteiger charge is 2.25. The van der Waals surface area contributed by atoms with E-state index in [1.807, 2.05) is 6.92 Å². The van der Waals surface area contributed by atoms with Gasteiger partial charge in [0.1, 0.15) is 0 Å². The van der Waals surface area contributed by atoms with Crippen LogP contribution in [0.5, 0.6) is 0 Å². The summed E-state index contributed by atoms with van der Waals surface area (Å²) in [5, 5.41) is 0. The minimum absolute atomic E-state index is 0.0922. The van der Waals surface area contributed by atoms with Crippen molar-refractivity contribution < 1.29 is 13.6 Å². The predicted molar refractivity (Wildman–Crippen MR) is 34.6 cm³/mol. The van der Waals surface area contributed by atoms with E-state index < -0.39 is 7.60 Å². The van der Waals surface area contributed by atoms with E-state index in [-0.39, 0.29) is 6.10 Å². The van der Waals surface area contributed by atoms with Gasteiger partial charge in [0.05, 0.1) is 12.7 Å². The molecular formula is C5H11O3P. The maximum Gasteiger partial charge on any atom is 0.327 e. The van der Waals surface area contributed by atoms with Crippen LogP contribution in [0.15, 0.2) is 0 Å². The summed E-state index contributed by atoms with van der Waals surface area (Å²) in [5.74, 6) is 0. The van der Waals surface area contributed by atoms with Gasteiger partial charge in [0, 0.05) is 6.66 Å². The molecule has 9 heavy (non-hydrogen) atoms. The molecule has 1 heterocycles. The monoisotopic (exact) mass is 150 g/mol. The molecule has 1 saturated heterocycles. The molecule has 0 bridgehead atoms. The van der Waals surface area contributed by atoms with Gasteiger partial charge in [-0.3, -0.25) is 4.57 Å². The van der Waals surface area contributed by atoms with E-state index in [0.29, 0.717) is 6.61 Å². The first-order chi connectivity index (χ1) is 4.10. The summed E-state index contributed by atoms with van der Waals surface area (Å²) in [5.41, 5.74) is 0. The Morgan fingerprint density at radius 1 is 1.67 bits per heavy atom. The molecule has 0 radical (unpaired) electrons. The smallest absolute Gasteiger partial charge is 0.309 e. The van der Waals surface area contributed by atoms with Gasteiger partial charge in [-0.2, -0.15) is 0 Å². The van der Waals surface area contributed by atoms with Crippen molar-refractivity contribution in [3.8, 4) is 0 Å². The standard InChI is InChI=1S/C5H11O3P/c1-5-3-4-7-9(2,6)8-5/h5H,3-4H2,1-2H3/t5-,9+/m0/s1. The zero-order valence-electron chi connectivity index (χ0n) is 5.66. The van der Waals surface area contributed by atoms with Crippen molar-refractivity contribution in [2.45, 2.75) is 19.4 Å². The van der Waals surface area contributed by atoms with Crippen LogP contribution in [-0.4, -0.2) is 19.4 Å². The molecule has 1 aliphatic heterocycles. The van der Waals surface area contributed by atoms with Crippen molar-refractivity contribution in [1.29, 1.82) is 0 Å². The molecule has 0 amide bonds. The highest BCUT2D eigenvalue weighted by molar-refractivity contribution is 7.53. The lowest BCUT2D eigenvalue weighted by Gasteiger charge is -2.24. The largest absolute Gasteiger partial charge is 0.327 e. The zero-order chi connectivity index (χ0) is 6.91. The van der Waals surface area contributed by atoms with Crippen LogP contribution in [0.3, 0.4) is 0 Å². The second kappa shape index (κ2) is 2.41. The van der Waals surface area contributed by atoms with Crippen molar-refractivity contribution in [1.82, 2.24) is 0 Å². The Morgan fingerprint density at radius 3 is 2.67 bits per heavy atom. The van der Waals surface area contributed by atoms with Gasteiger partial charge < -0.3 is 9.05 Å². The second-order valence-electron chi connectivity index (χ2n) is 2.31. The van der Waals surface area contributed by atoms with E-state index >= 15 is 0 Å². The average Bonchev–Trinajstić information content (AvgIpc) is 1.60. The van der Waals surface area contributed by atoms with Gasteiger partial charge in [-0.1, -0.05) is 0 Å². The van der Waals surface area contributed by atoms with Crippen molar-refractivity contribution >= 4 is 7.60 Å². The Balaban J connectivity index is 2.51. The predicted octanol–water partition coefficient (Wildman–Crippen LogP) is 1.63. The van der Waals surface area contributed by atoms with Crippen LogP contribution < -0.4 is 0 Å². The second-order valence-corrected chi connectivity index (χ2v) is 4.32. The quantitative estimate of drug-likeness (QED) is 0.492. The topological polar surface area (TPSA) is 35.5 Å². The van der Waals surface area contributed by atoms with Crippen LogP contribution in [0.25, 0.3) is 0 Å². The molecule has 2 atom stereocenters. The SMILES string of the molecule is C[C@H]1CCO[P@@](C)(=O)O1. The highest BCUT2D eigenvalue weighted by Crippen LogP contribution is 2.48. The molecule has 3 nitrogen and oxygen atoms in total. The third kappa shape index (κ3) is 2.09. The van der Waals surface area contributed by atoms with E-state index in [9.17, 15) is 4.57 Å². The summed E-state index contributed by atoms with van der Waals surface area (Å²) >= 11 is 0. The summed E-state index contributed by atoms with van der Waals surface area (Å²) in [6.45, 7) is 3.97. The van der Waals surface area contributed by atoms with Crippen molar-refractivity contribution in [3.05, 3.63) is 0 Å². The number of hydrogen-bond donors (Lipinski definition) is 0. The van der Waals surface area contributed by atoms with Gasteiger partial charge >= 0.3 is 7.60 Å². The Morgan fingerprint density at radius 2 is 2.33 bits per heavy atom. The Bertz CT molecular complexity index is 145. The lowest BCUT2D eigenvalue weighted by molar-refractivity contribution is 0.0957. The minimum Gasteiger partial charge on any atom is -0.309 e. The fourth-order valence-corrected chi connectivity index (χ4v) is 2.05. The normalized spacial score (nSPS) is 44.9. The van der Waals surface area contributed by atoms with Gasteiger partial charge in [-0.15, -0.1) is 0 Å². The summed E-state index contributed by atoms with van der Waals surface area (Å²) < 4.78 is 20.9. The van der Waals surface area contributed by atoms with Crippen LogP contribution in [-0.2, 0) is 13.6 Å². The maximum atomic E-state index is 11.0. The fourth-order valence-electron chi connectivity index (χ4n) is 0.794. The minimum atomic E-state index is -2.64. The maximum absolute atomic E-state index is 11.0. The first-order valence-electron chi connectivity index (χ1n) is 3.00.